The van der Waals surface area contributed by atoms with Gasteiger partial charge in [0.05, 0.1) is 5.39 Å². The fourth-order valence-electron chi connectivity index (χ4n) is 5.40. The first-order valence-corrected chi connectivity index (χ1v) is 11.6. The number of aromatic nitrogens is 4. The SMILES string of the molecule is Cn1c(C2=CCC3(CCNCC3)CC2)cc2c(N)nc(-c3ccc(C4CC4)nc3)nc21. The molecule has 160 valence electrons. The number of aryl methyl sites for hydroxylation is 1. The van der Waals surface area contributed by atoms with Crippen molar-refractivity contribution in [2.24, 2.45) is 12.5 Å². The Kier molecular flexibility index (Phi) is 4.39. The Labute approximate surface area is 183 Å². The van der Waals surface area contributed by atoms with E-state index in [0.29, 0.717) is 23.0 Å². The topological polar surface area (TPSA) is 81.7 Å². The van der Waals surface area contributed by atoms with E-state index in [1.165, 1.54) is 55.5 Å². The van der Waals surface area contributed by atoms with Gasteiger partial charge in [-0.25, -0.2) is 9.97 Å². The molecule has 6 heteroatoms. The van der Waals surface area contributed by atoms with Crippen LogP contribution >= 0.6 is 0 Å². The highest BCUT2D eigenvalue weighted by Gasteiger charge is 2.34. The molecule has 0 amide bonds. The normalized spacial score (nSPS) is 20.9. The zero-order valence-electron chi connectivity index (χ0n) is 18.2. The summed E-state index contributed by atoms with van der Waals surface area (Å²) < 4.78 is 2.19. The fraction of sp³-hybridized carbons (Fsp3) is 0.480. The predicted octanol–water partition coefficient (Wildman–Crippen LogP) is 4.43. The predicted molar refractivity (Wildman–Crippen MR) is 124 cm³/mol. The first-order chi connectivity index (χ1) is 15.1. The smallest absolute Gasteiger partial charge is 0.165 e. The summed E-state index contributed by atoms with van der Waals surface area (Å²) in [6, 6.07) is 6.36. The standard InChI is InChI=1S/C25H30N6/c1-31-21(17-6-8-25(9-7-17)10-12-27-13-11-25)14-19-22(26)29-23(30-24(19)31)18-4-5-20(28-15-18)16-2-3-16/h4-6,14-16,27H,2-3,7-13H2,1H3,(H2,26,29,30). The highest BCUT2D eigenvalue weighted by atomic mass is 15.1. The molecule has 1 saturated carbocycles. The van der Waals surface area contributed by atoms with E-state index in [0.717, 1.165) is 36.1 Å². The van der Waals surface area contributed by atoms with E-state index in [9.17, 15) is 0 Å². The van der Waals surface area contributed by atoms with Gasteiger partial charge < -0.3 is 15.6 Å². The first-order valence-electron chi connectivity index (χ1n) is 11.6. The van der Waals surface area contributed by atoms with Crippen LogP contribution in [0, 0.1) is 5.41 Å². The maximum absolute atomic E-state index is 6.39. The Balaban J connectivity index is 1.34. The third-order valence-corrected chi connectivity index (χ3v) is 7.65. The molecule has 2 aliphatic carbocycles. The summed E-state index contributed by atoms with van der Waals surface area (Å²) in [5, 5.41) is 4.44. The number of pyridine rings is 1. The molecule has 0 aromatic carbocycles. The first kappa shape index (κ1) is 19.0. The summed E-state index contributed by atoms with van der Waals surface area (Å²) >= 11 is 0. The number of fused-ring (bicyclic) bond motifs is 1. The van der Waals surface area contributed by atoms with E-state index < -0.39 is 0 Å². The van der Waals surface area contributed by atoms with Crippen molar-refractivity contribution in [1.29, 1.82) is 0 Å². The number of nitrogens with two attached hydrogens (primary N) is 1. The van der Waals surface area contributed by atoms with Crippen LogP contribution in [0.3, 0.4) is 0 Å². The molecule has 0 bridgehead atoms. The van der Waals surface area contributed by atoms with Crippen LogP contribution in [0.15, 0.2) is 30.5 Å². The minimum atomic E-state index is 0.505. The van der Waals surface area contributed by atoms with Crippen LogP contribution in [0.2, 0.25) is 0 Å². The lowest BCUT2D eigenvalue weighted by atomic mass is 9.69. The average Bonchev–Trinajstić information content (AvgIpc) is 3.60. The molecular formula is C25H30N6. The van der Waals surface area contributed by atoms with E-state index in [2.05, 4.69) is 51.2 Å². The molecule has 0 atom stereocenters. The molecule has 4 heterocycles. The molecule has 3 aliphatic rings. The van der Waals surface area contributed by atoms with E-state index in [4.69, 9.17) is 10.7 Å². The summed E-state index contributed by atoms with van der Waals surface area (Å²) in [6.45, 7) is 2.31. The Morgan fingerprint density at radius 2 is 1.97 bits per heavy atom. The maximum Gasteiger partial charge on any atom is 0.165 e. The van der Waals surface area contributed by atoms with Gasteiger partial charge in [0.15, 0.2) is 5.82 Å². The summed E-state index contributed by atoms with van der Waals surface area (Å²) in [5.74, 6) is 1.84. The Morgan fingerprint density at radius 3 is 2.65 bits per heavy atom. The van der Waals surface area contributed by atoms with Crippen molar-refractivity contribution in [3.8, 4) is 11.4 Å². The van der Waals surface area contributed by atoms with Crippen molar-refractivity contribution in [1.82, 2.24) is 24.8 Å². The van der Waals surface area contributed by atoms with Gasteiger partial charge in [0.25, 0.3) is 0 Å². The van der Waals surface area contributed by atoms with E-state index in [1.54, 1.807) is 0 Å². The van der Waals surface area contributed by atoms with Crippen molar-refractivity contribution in [2.75, 3.05) is 18.8 Å². The van der Waals surface area contributed by atoms with Gasteiger partial charge in [-0.15, -0.1) is 0 Å². The number of allylic oxidation sites excluding steroid dienone is 2. The monoisotopic (exact) mass is 414 g/mol. The molecule has 1 saturated heterocycles. The maximum atomic E-state index is 6.39. The number of nitrogens with one attached hydrogen (secondary N) is 1. The van der Waals surface area contributed by atoms with Crippen LogP contribution in [0.25, 0.3) is 28.0 Å². The van der Waals surface area contributed by atoms with Crippen molar-refractivity contribution in [2.45, 2.75) is 50.9 Å². The zero-order chi connectivity index (χ0) is 21.0. The van der Waals surface area contributed by atoms with Gasteiger partial charge >= 0.3 is 0 Å². The molecule has 6 rings (SSSR count). The molecule has 2 fully saturated rings. The molecule has 3 aromatic heterocycles. The molecule has 0 radical (unpaired) electrons. The van der Waals surface area contributed by atoms with E-state index >= 15 is 0 Å². The van der Waals surface area contributed by atoms with Crippen molar-refractivity contribution in [3.05, 3.63) is 41.9 Å². The highest BCUT2D eigenvalue weighted by Crippen LogP contribution is 2.45. The van der Waals surface area contributed by atoms with Crippen LogP contribution in [-0.4, -0.2) is 32.6 Å². The summed E-state index contributed by atoms with van der Waals surface area (Å²) in [6.07, 6.45) is 13.0. The molecule has 6 nitrogen and oxygen atoms in total. The van der Waals surface area contributed by atoms with Crippen LogP contribution in [0.1, 0.15) is 62.3 Å². The number of nitrogens with zero attached hydrogens (tertiary/aromatic N) is 4. The number of nitrogen functional groups attached to an aromatic ring is 1. The zero-order valence-corrected chi connectivity index (χ0v) is 18.2. The van der Waals surface area contributed by atoms with Gasteiger partial charge in [-0.1, -0.05) is 6.08 Å². The number of rotatable bonds is 3. The number of anilines is 1. The van der Waals surface area contributed by atoms with Crippen LogP contribution < -0.4 is 11.1 Å². The van der Waals surface area contributed by atoms with Crippen molar-refractivity contribution >= 4 is 22.4 Å². The third-order valence-electron chi connectivity index (χ3n) is 7.65. The second-order valence-corrected chi connectivity index (χ2v) is 9.69. The lowest BCUT2D eigenvalue weighted by Gasteiger charge is -2.40. The van der Waals surface area contributed by atoms with Gasteiger partial charge in [0.2, 0.25) is 0 Å². The summed E-state index contributed by atoms with van der Waals surface area (Å²) in [5.41, 5.74) is 12.5. The van der Waals surface area contributed by atoms with Crippen LogP contribution in [0.4, 0.5) is 5.82 Å². The van der Waals surface area contributed by atoms with E-state index in [-0.39, 0.29) is 0 Å². The lowest BCUT2D eigenvalue weighted by molar-refractivity contribution is 0.184. The number of piperidine rings is 1. The Bertz CT molecular complexity index is 1160. The Hall–Kier alpha value is -2.73. The van der Waals surface area contributed by atoms with Gasteiger partial charge in [-0.2, -0.15) is 0 Å². The van der Waals surface area contributed by atoms with Gasteiger partial charge in [0, 0.05) is 36.1 Å². The number of hydrogen-bond donors (Lipinski definition) is 2. The summed E-state index contributed by atoms with van der Waals surface area (Å²) in [4.78, 5) is 14.1. The van der Waals surface area contributed by atoms with Crippen LogP contribution in [-0.2, 0) is 7.05 Å². The van der Waals surface area contributed by atoms with E-state index in [1.807, 2.05) is 6.20 Å². The van der Waals surface area contributed by atoms with Gasteiger partial charge in [0.1, 0.15) is 11.5 Å². The molecule has 1 spiro atoms. The molecular weight excluding hydrogens is 384 g/mol. The molecule has 3 aromatic rings. The quantitative estimate of drug-likeness (QED) is 0.663. The van der Waals surface area contributed by atoms with Crippen molar-refractivity contribution in [3.63, 3.8) is 0 Å². The minimum Gasteiger partial charge on any atom is -0.383 e. The molecule has 3 N–H and O–H groups in total. The average molecular weight is 415 g/mol. The largest absolute Gasteiger partial charge is 0.383 e. The summed E-state index contributed by atoms with van der Waals surface area (Å²) in [7, 11) is 2.10. The van der Waals surface area contributed by atoms with Crippen LogP contribution in [0.5, 0.6) is 0 Å². The molecule has 31 heavy (non-hydrogen) atoms. The lowest BCUT2D eigenvalue weighted by Crippen LogP contribution is -2.37. The third kappa shape index (κ3) is 3.33. The molecule has 1 aliphatic heterocycles. The Morgan fingerprint density at radius 1 is 1.13 bits per heavy atom. The second-order valence-electron chi connectivity index (χ2n) is 9.69. The van der Waals surface area contributed by atoms with Gasteiger partial charge in [-0.05, 0) is 87.2 Å². The highest BCUT2D eigenvalue weighted by molar-refractivity contribution is 5.91. The second kappa shape index (κ2) is 7.16. The molecule has 0 unspecified atom stereocenters. The van der Waals surface area contributed by atoms with Crippen molar-refractivity contribution < 1.29 is 0 Å². The van der Waals surface area contributed by atoms with Gasteiger partial charge in [-0.3, -0.25) is 4.98 Å². The minimum absolute atomic E-state index is 0.505. The fourth-order valence-corrected chi connectivity index (χ4v) is 5.40. The number of hydrogen-bond acceptors (Lipinski definition) is 5.